The molecule has 1 aromatic heterocycles. The van der Waals surface area contributed by atoms with Crippen LogP contribution in [-0.4, -0.2) is 33.2 Å². The van der Waals surface area contributed by atoms with Crippen LogP contribution < -0.4 is 14.8 Å². The minimum Gasteiger partial charge on any atom is -0.378 e. The number of aromatic nitrogens is 1. The first-order valence-electron chi connectivity index (χ1n) is 8.07. The van der Waals surface area contributed by atoms with E-state index >= 15 is 0 Å². The quantitative estimate of drug-likeness (QED) is 0.723. The summed E-state index contributed by atoms with van der Waals surface area (Å²) in [6.07, 6.45) is 0. The monoisotopic (exact) mass is 344 g/mol. The fourth-order valence-corrected chi connectivity index (χ4v) is 3.01. The Labute approximate surface area is 150 Å². The van der Waals surface area contributed by atoms with Gasteiger partial charge in [-0.15, -0.1) is 11.3 Å². The van der Waals surface area contributed by atoms with E-state index in [-0.39, 0.29) is 0 Å². The normalized spacial score (nSPS) is 9.67. The molecule has 0 bridgehead atoms. The van der Waals surface area contributed by atoms with Crippen LogP contribution in [0.4, 0.5) is 5.69 Å². The molecule has 0 saturated heterocycles. The van der Waals surface area contributed by atoms with Crippen molar-refractivity contribution in [2.45, 2.75) is 27.7 Å². The van der Waals surface area contributed by atoms with Gasteiger partial charge in [-0.05, 0) is 52.0 Å². The average Bonchev–Trinajstić information content (AvgIpc) is 2.46. The Morgan fingerprint density at radius 3 is 1.92 bits per heavy atom. The zero-order chi connectivity index (χ0) is 18.3. The predicted octanol–water partition coefficient (Wildman–Crippen LogP) is 3.72. The molecule has 0 saturated carbocycles. The topological polar surface area (TPSA) is 19.1 Å². The summed E-state index contributed by atoms with van der Waals surface area (Å²) in [6, 6.07) is 12.8. The zero-order valence-corrected chi connectivity index (χ0v) is 17.0. The fraction of sp³-hybridized carbons (Fsp3) is 0.400. The number of hydrogen-bond acceptors (Lipinski definition) is 3. The molecule has 24 heavy (non-hydrogen) atoms. The Morgan fingerprint density at radius 2 is 1.38 bits per heavy atom. The molecule has 130 valence electrons. The molecule has 3 nitrogen and oxygen atoms in total. The van der Waals surface area contributed by atoms with E-state index in [0.29, 0.717) is 0 Å². The van der Waals surface area contributed by atoms with Crippen molar-refractivity contribution in [2.75, 3.05) is 33.1 Å². The average molecular weight is 345 g/mol. The van der Waals surface area contributed by atoms with E-state index in [2.05, 4.69) is 92.9 Å². The first-order chi connectivity index (χ1) is 11.2. The van der Waals surface area contributed by atoms with Crippen molar-refractivity contribution in [3.8, 4) is 0 Å². The summed E-state index contributed by atoms with van der Waals surface area (Å²) in [4.78, 5) is 9.27. The van der Waals surface area contributed by atoms with E-state index in [4.69, 9.17) is 0 Å². The van der Waals surface area contributed by atoms with Crippen molar-refractivity contribution in [2.24, 2.45) is 0 Å². The van der Waals surface area contributed by atoms with Crippen LogP contribution in [0.5, 0.6) is 0 Å². The molecule has 1 rings (SSSR count). The lowest BCUT2D eigenvalue weighted by Crippen LogP contribution is -2.20. The van der Waals surface area contributed by atoms with Crippen molar-refractivity contribution in [3.05, 3.63) is 62.9 Å². The van der Waals surface area contributed by atoms with Gasteiger partial charge in [-0.2, -0.15) is 0 Å². The first-order valence-corrected chi connectivity index (χ1v) is 8.88. The molecule has 0 atom stereocenters. The third-order valence-electron chi connectivity index (χ3n) is 3.40. The summed E-state index contributed by atoms with van der Waals surface area (Å²) < 4.78 is 2.12. The van der Waals surface area contributed by atoms with Gasteiger partial charge in [0.1, 0.15) is 14.1 Å². The lowest BCUT2D eigenvalue weighted by atomic mass is 10.3. The van der Waals surface area contributed by atoms with Crippen LogP contribution in [0, 0.1) is 27.7 Å². The number of nitrogens with zero attached hydrogens (tertiary/aromatic N) is 3. The molecule has 1 aromatic rings. The minimum atomic E-state index is 0.991. The predicted molar refractivity (Wildman–Crippen MR) is 108 cm³/mol. The maximum Gasteiger partial charge on any atom is 0.200 e. The molecular weight excluding hydrogens is 314 g/mol. The van der Waals surface area contributed by atoms with Crippen molar-refractivity contribution >= 4 is 17.0 Å². The van der Waals surface area contributed by atoms with E-state index < -0.39 is 0 Å². The minimum absolute atomic E-state index is 0.991. The highest BCUT2D eigenvalue weighted by molar-refractivity contribution is 7.11. The van der Waals surface area contributed by atoms with Crippen LogP contribution in [0.2, 0.25) is 0 Å². The van der Waals surface area contributed by atoms with Crippen LogP contribution in [0.15, 0.2) is 36.4 Å². The summed E-state index contributed by atoms with van der Waals surface area (Å²) in [5.74, 6) is 0. The summed E-state index contributed by atoms with van der Waals surface area (Å²) >= 11 is 1.79. The number of anilines is 1. The van der Waals surface area contributed by atoms with Gasteiger partial charge >= 0.3 is 0 Å². The van der Waals surface area contributed by atoms with E-state index in [1.807, 2.05) is 13.8 Å². The van der Waals surface area contributed by atoms with Gasteiger partial charge in [0, 0.05) is 53.1 Å². The van der Waals surface area contributed by atoms with Gasteiger partial charge in [0.25, 0.3) is 0 Å². The maximum absolute atomic E-state index is 4.64. The standard InChI is InChI=1S/C20H30N3S/c1-15-9-11-19(22(5)6)13-17(3)24-18(4)14-20(23(7)8)12-10-16(2)21-15/h9-14H,1-8H3/q+1. The molecule has 0 aliphatic rings. The van der Waals surface area contributed by atoms with Crippen LogP contribution in [0.25, 0.3) is 0 Å². The Kier molecular flexibility index (Phi) is 7.86. The van der Waals surface area contributed by atoms with Gasteiger partial charge in [-0.25, -0.2) is 4.58 Å². The first kappa shape index (κ1) is 20.1. The van der Waals surface area contributed by atoms with Gasteiger partial charge in [0.2, 0.25) is 5.36 Å². The molecule has 1 heterocycles. The van der Waals surface area contributed by atoms with Crippen molar-refractivity contribution in [3.63, 3.8) is 0 Å². The zero-order valence-electron chi connectivity index (χ0n) is 16.2. The molecule has 0 aliphatic carbocycles. The van der Waals surface area contributed by atoms with Gasteiger partial charge in [-0.1, -0.05) is 0 Å². The van der Waals surface area contributed by atoms with Gasteiger partial charge in [-0.3, -0.25) is 4.98 Å². The Hall–Kier alpha value is -1.94. The smallest absolute Gasteiger partial charge is 0.200 e. The SMILES string of the molecule is Cc1ccc(N(C)C)cc(C)sc(C)cc(=[N+](C)C)ccc(C)n1. The van der Waals surface area contributed by atoms with Crippen molar-refractivity contribution in [1.82, 2.24) is 9.56 Å². The maximum atomic E-state index is 4.64. The fourth-order valence-electron chi connectivity index (χ4n) is 2.15. The highest BCUT2D eigenvalue weighted by atomic mass is 32.1. The van der Waals surface area contributed by atoms with Gasteiger partial charge in [0.15, 0.2) is 0 Å². The van der Waals surface area contributed by atoms with Crippen molar-refractivity contribution in [1.29, 1.82) is 0 Å². The van der Waals surface area contributed by atoms with E-state index in [9.17, 15) is 0 Å². The molecule has 0 N–H and O–H groups in total. The summed E-state index contributed by atoms with van der Waals surface area (Å²) in [6.45, 7) is 8.35. The molecule has 4 heteroatoms. The molecule has 0 radical (unpaired) electrons. The largest absolute Gasteiger partial charge is 0.378 e. The number of rotatable bonds is 1. The van der Waals surface area contributed by atoms with Crippen LogP contribution in [0.1, 0.15) is 21.1 Å². The van der Waals surface area contributed by atoms with Gasteiger partial charge in [0.05, 0.1) is 0 Å². The Balaban J connectivity index is 3.93. The van der Waals surface area contributed by atoms with E-state index in [1.54, 1.807) is 11.3 Å². The second-order valence-electron chi connectivity index (χ2n) is 6.31. The van der Waals surface area contributed by atoms with Crippen molar-refractivity contribution < 1.29 is 0 Å². The molecule has 0 spiro atoms. The van der Waals surface area contributed by atoms with E-state index in [0.717, 1.165) is 22.4 Å². The number of aryl methyl sites for hydroxylation is 4. The summed E-state index contributed by atoms with van der Waals surface area (Å²) in [5.41, 5.74) is 3.14. The second-order valence-corrected chi connectivity index (χ2v) is 7.80. The highest BCUT2D eigenvalue weighted by Crippen LogP contribution is 2.13. The second kappa shape index (κ2) is 9.38. The van der Waals surface area contributed by atoms with Gasteiger partial charge < -0.3 is 4.90 Å². The molecule has 0 fully saturated rings. The third-order valence-corrected chi connectivity index (χ3v) is 4.28. The molecule has 0 aromatic carbocycles. The van der Waals surface area contributed by atoms with Crippen LogP contribution in [0.3, 0.4) is 0 Å². The molecule has 0 aliphatic heterocycles. The summed E-state index contributed by atoms with van der Waals surface area (Å²) in [7, 11) is 8.24. The Morgan fingerprint density at radius 1 is 0.833 bits per heavy atom. The highest BCUT2D eigenvalue weighted by Gasteiger charge is 1.94. The summed E-state index contributed by atoms with van der Waals surface area (Å²) in [5, 5.41) is 1.16. The number of hydrogen-bond donors (Lipinski definition) is 0. The lowest BCUT2D eigenvalue weighted by Gasteiger charge is -2.10. The third kappa shape index (κ3) is 7.09. The lowest BCUT2D eigenvalue weighted by molar-refractivity contribution is 0.813. The Bertz CT molecular complexity index is 770. The molecule has 0 amide bonds. The van der Waals surface area contributed by atoms with Crippen LogP contribution in [-0.2, 0) is 0 Å². The molecule has 0 unspecified atom stereocenters. The molecular formula is C20H30N3S+. The van der Waals surface area contributed by atoms with Crippen LogP contribution >= 0.6 is 11.3 Å². The van der Waals surface area contributed by atoms with E-state index in [1.165, 1.54) is 9.75 Å².